The van der Waals surface area contributed by atoms with Gasteiger partial charge in [0.2, 0.25) is 0 Å². The van der Waals surface area contributed by atoms with Crippen LogP contribution in [-0.2, 0) is 6.54 Å². The number of hydrogen-bond donors (Lipinski definition) is 1. The van der Waals surface area contributed by atoms with Gasteiger partial charge in [-0.15, -0.1) is 10.2 Å². The molecule has 4 heterocycles. The average Bonchev–Trinajstić information content (AvgIpc) is 3.21. The molecular weight excluding hydrogens is 379 g/mol. The van der Waals surface area contributed by atoms with Crippen molar-refractivity contribution in [2.24, 2.45) is 0 Å². The van der Waals surface area contributed by atoms with Crippen molar-refractivity contribution >= 4 is 27.4 Å². The number of hydrogen-bond acceptors (Lipinski definition) is 5. The van der Waals surface area contributed by atoms with Gasteiger partial charge in [-0.2, -0.15) is 0 Å². The van der Waals surface area contributed by atoms with E-state index < -0.39 is 0 Å². The second kappa shape index (κ2) is 5.07. The lowest BCUT2D eigenvalue weighted by Gasteiger charge is -2.15. The summed E-state index contributed by atoms with van der Waals surface area (Å²) in [5.41, 5.74) is 2.19. The van der Waals surface area contributed by atoms with Crippen LogP contribution in [0.1, 0.15) is 17.0 Å². The fraction of sp³-hybridized carbons (Fsp3) is 0.250. The predicted molar refractivity (Wildman–Crippen MR) is 88.1 cm³/mol. The monoisotopic (exact) mass is 390 g/mol. The van der Waals surface area contributed by atoms with Crippen LogP contribution in [0.2, 0.25) is 0 Å². The van der Waals surface area contributed by atoms with E-state index in [1.807, 2.05) is 6.07 Å². The number of benzene rings is 1. The van der Waals surface area contributed by atoms with Gasteiger partial charge in [-0.05, 0) is 28.1 Å². The van der Waals surface area contributed by atoms with Crippen LogP contribution >= 0.6 is 15.9 Å². The van der Waals surface area contributed by atoms with Gasteiger partial charge in [0.05, 0.1) is 23.6 Å². The van der Waals surface area contributed by atoms with Crippen molar-refractivity contribution in [3.63, 3.8) is 0 Å². The van der Waals surface area contributed by atoms with E-state index in [-0.39, 0.29) is 11.7 Å². The van der Waals surface area contributed by atoms with Gasteiger partial charge in [0.15, 0.2) is 17.2 Å². The van der Waals surface area contributed by atoms with E-state index in [9.17, 15) is 4.39 Å². The molecule has 0 radical (unpaired) electrons. The molecule has 1 atom stereocenters. The summed E-state index contributed by atoms with van der Waals surface area (Å²) in [4.78, 5) is 0. The zero-order valence-corrected chi connectivity index (χ0v) is 14.0. The van der Waals surface area contributed by atoms with Gasteiger partial charge in [0, 0.05) is 23.7 Å². The smallest absolute Gasteiger partial charge is 0.176 e. The maximum Gasteiger partial charge on any atom is 0.176 e. The average molecular weight is 391 g/mol. The van der Waals surface area contributed by atoms with Crippen molar-refractivity contribution in [1.29, 1.82) is 0 Å². The highest BCUT2D eigenvalue weighted by Gasteiger charge is 2.31. The van der Waals surface area contributed by atoms with Crippen molar-refractivity contribution in [2.75, 3.05) is 18.5 Å². The molecule has 1 aromatic carbocycles. The fourth-order valence-corrected chi connectivity index (χ4v) is 3.83. The number of aromatic nitrogens is 3. The molecule has 24 heavy (non-hydrogen) atoms. The van der Waals surface area contributed by atoms with Crippen molar-refractivity contribution in [3.05, 3.63) is 45.9 Å². The molecule has 5 rings (SSSR count). The molecule has 0 saturated heterocycles. The number of nitrogens with zero attached hydrogens (tertiary/aromatic N) is 3. The molecule has 1 N–H and O–H groups in total. The maximum absolute atomic E-state index is 14.4. The van der Waals surface area contributed by atoms with Gasteiger partial charge in [0.1, 0.15) is 17.9 Å². The van der Waals surface area contributed by atoms with Gasteiger partial charge in [-0.25, -0.2) is 4.39 Å². The molecule has 6 nitrogen and oxygen atoms in total. The second-order valence-electron chi connectivity index (χ2n) is 5.84. The Morgan fingerprint density at radius 3 is 2.96 bits per heavy atom. The van der Waals surface area contributed by atoms with E-state index in [1.54, 1.807) is 16.8 Å². The number of ether oxygens (including phenoxy) is 2. The first-order valence-corrected chi connectivity index (χ1v) is 8.34. The molecule has 0 bridgehead atoms. The minimum absolute atomic E-state index is 0.00818. The number of pyridine rings is 1. The summed E-state index contributed by atoms with van der Waals surface area (Å²) in [6.07, 6.45) is 1.60. The second-order valence-corrected chi connectivity index (χ2v) is 6.69. The molecule has 2 aliphatic rings. The first kappa shape index (κ1) is 14.0. The van der Waals surface area contributed by atoms with E-state index >= 15 is 0 Å². The van der Waals surface area contributed by atoms with Gasteiger partial charge in [-0.1, -0.05) is 0 Å². The van der Waals surface area contributed by atoms with E-state index in [0.29, 0.717) is 42.5 Å². The van der Waals surface area contributed by atoms with Gasteiger partial charge < -0.3 is 14.8 Å². The Bertz CT molecular complexity index is 974. The minimum atomic E-state index is -0.239. The first-order chi connectivity index (χ1) is 11.7. The van der Waals surface area contributed by atoms with Crippen molar-refractivity contribution in [1.82, 2.24) is 14.6 Å². The molecule has 8 heteroatoms. The summed E-state index contributed by atoms with van der Waals surface area (Å²) in [6.45, 7) is 1.25. The van der Waals surface area contributed by atoms with Gasteiger partial charge in [-0.3, -0.25) is 4.40 Å². The summed E-state index contributed by atoms with van der Waals surface area (Å²) in [6, 6.07) is 5.00. The van der Waals surface area contributed by atoms with Crippen LogP contribution in [0, 0.1) is 5.82 Å². The summed E-state index contributed by atoms with van der Waals surface area (Å²) in [7, 11) is 0. The number of fused-ring (bicyclic) bond motifs is 3. The topological polar surface area (TPSA) is 60.7 Å². The summed E-state index contributed by atoms with van der Waals surface area (Å²) in [5, 5.41) is 11.3. The lowest BCUT2D eigenvalue weighted by Crippen LogP contribution is -2.13. The number of rotatable bonds is 0. The highest BCUT2D eigenvalue weighted by atomic mass is 79.9. The van der Waals surface area contributed by atoms with Crippen molar-refractivity contribution in [2.45, 2.75) is 12.5 Å². The van der Waals surface area contributed by atoms with Crippen LogP contribution < -0.4 is 14.8 Å². The van der Waals surface area contributed by atoms with Crippen LogP contribution in [0.4, 0.5) is 10.2 Å². The standard InChI is InChI=1S/C16H12BrFN4O2/c17-10-3-13-16(22-7-20-21-15(10)22)19-4-9-11(18)1-2-12-14(9)8(5-23-12)6-24-13/h1-3,7-8,19H,4-6H2/t8-/m1/s1. The minimum Gasteiger partial charge on any atom is -0.493 e. The van der Waals surface area contributed by atoms with Gasteiger partial charge in [0.25, 0.3) is 0 Å². The highest BCUT2D eigenvalue weighted by molar-refractivity contribution is 9.10. The molecule has 3 aromatic rings. The lowest BCUT2D eigenvalue weighted by molar-refractivity contribution is 0.248. The Hall–Kier alpha value is -2.35. The normalized spacial score (nSPS) is 18.5. The first-order valence-electron chi connectivity index (χ1n) is 7.55. The summed E-state index contributed by atoms with van der Waals surface area (Å²) < 4.78 is 28.7. The molecule has 0 unspecified atom stereocenters. The fourth-order valence-electron chi connectivity index (χ4n) is 3.35. The number of nitrogens with one attached hydrogen (secondary N) is 1. The lowest BCUT2D eigenvalue weighted by atomic mass is 9.96. The molecule has 2 aromatic heterocycles. The summed E-state index contributed by atoms with van der Waals surface area (Å²) >= 11 is 3.49. The third kappa shape index (κ3) is 1.92. The molecule has 0 fully saturated rings. The van der Waals surface area contributed by atoms with E-state index in [1.165, 1.54) is 6.07 Å². The maximum atomic E-state index is 14.4. The molecule has 0 spiro atoms. The van der Waals surface area contributed by atoms with Crippen LogP contribution in [0.15, 0.2) is 29.0 Å². The molecule has 2 aliphatic heterocycles. The van der Waals surface area contributed by atoms with Crippen LogP contribution in [-0.4, -0.2) is 27.8 Å². The predicted octanol–water partition coefficient (Wildman–Crippen LogP) is 3.11. The number of halogens is 2. The Labute approximate surface area is 144 Å². The third-order valence-corrected chi connectivity index (χ3v) is 5.06. The largest absolute Gasteiger partial charge is 0.493 e. The Morgan fingerprint density at radius 1 is 1.25 bits per heavy atom. The van der Waals surface area contributed by atoms with Crippen LogP contribution in [0.25, 0.3) is 5.65 Å². The zero-order chi connectivity index (χ0) is 16.3. The zero-order valence-electron chi connectivity index (χ0n) is 12.4. The van der Waals surface area contributed by atoms with Crippen molar-refractivity contribution in [3.8, 4) is 11.5 Å². The highest BCUT2D eigenvalue weighted by Crippen LogP contribution is 2.41. The third-order valence-electron chi connectivity index (χ3n) is 4.47. The number of anilines is 1. The summed E-state index contributed by atoms with van der Waals surface area (Å²) in [5.74, 6) is 1.88. The molecule has 0 saturated carbocycles. The Morgan fingerprint density at radius 2 is 2.08 bits per heavy atom. The SMILES string of the molecule is Fc1ccc2c3c1CNc1c(cc(Br)c4nncn14)OC[C@H]3CO2. The van der Waals surface area contributed by atoms with Crippen molar-refractivity contribution < 1.29 is 13.9 Å². The van der Waals surface area contributed by atoms with E-state index in [2.05, 4.69) is 31.4 Å². The quantitative estimate of drug-likeness (QED) is 0.638. The van der Waals surface area contributed by atoms with E-state index in [0.717, 1.165) is 15.8 Å². The van der Waals surface area contributed by atoms with E-state index in [4.69, 9.17) is 9.47 Å². The molecule has 0 aliphatic carbocycles. The molecule has 0 amide bonds. The molecule has 122 valence electrons. The Balaban J connectivity index is 1.69. The van der Waals surface area contributed by atoms with Crippen LogP contribution in [0.5, 0.6) is 11.5 Å². The van der Waals surface area contributed by atoms with Gasteiger partial charge >= 0.3 is 0 Å². The van der Waals surface area contributed by atoms with Crippen LogP contribution in [0.3, 0.4) is 0 Å². The molecular formula is C16H12BrFN4O2. The Kier molecular flexibility index (Phi) is 2.97.